The molecule has 2 N–H and O–H groups in total. The summed E-state index contributed by atoms with van der Waals surface area (Å²) >= 11 is 1.67. The first-order valence-electron chi connectivity index (χ1n) is 6.17. The highest BCUT2D eigenvalue weighted by molar-refractivity contribution is 7.99. The van der Waals surface area contributed by atoms with Crippen molar-refractivity contribution in [3.63, 3.8) is 0 Å². The lowest BCUT2D eigenvalue weighted by molar-refractivity contribution is 0.619. The number of anilines is 1. The third-order valence-corrected chi connectivity index (χ3v) is 3.53. The van der Waals surface area contributed by atoms with Crippen LogP contribution in [-0.4, -0.2) is 20.0 Å². The Hall–Kier alpha value is -1.75. The van der Waals surface area contributed by atoms with Gasteiger partial charge in [0.25, 0.3) is 0 Å². The predicted octanol–water partition coefficient (Wildman–Crippen LogP) is 3.05. The minimum atomic E-state index is 0.325. The summed E-state index contributed by atoms with van der Waals surface area (Å²) < 4.78 is 1.85. The molecule has 2 rings (SSSR count). The molecule has 0 atom stereocenters. The lowest BCUT2D eigenvalue weighted by atomic mass is 10.1. The molecule has 100 valence electrons. The van der Waals surface area contributed by atoms with E-state index < -0.39 is 0 Å². The highest BCUT2D eigenvalue weighted by atomic mass is 32.2. The van der Waals surface area contributed by atoms with Crippen molar-refractivity contribution >= 4 is 23.8 Å². The van der Waals surface area contributed by atoms with Crippen LogP contribution in [0.15, 0.2) is 36.0 Å². The molecule has 0 saturated carbocycles. The first-order valence-corrected chi connectivity index (χ1v) is 7.05. The maximum absolute atomic E-state index is 5.68. The van der Waals surface area contributed by atoms with Gasteiger partial charge in [-0.2, -0.15) is 4.98 Å². The first kappa shape index (κ1) is 13.7. The second kappa shape index (κ2) is 5.93. The quantitative estimate of drug-likeness (QED) is 0.851. The van der Waals surface area contributed by atoms with Crippen LogP contribution in [0.25, 0.3) is 6.08 Å². The van der Waals surface area contributed by atoms with Crippen LogP contribution in [0.4, 0.5) is 5.95 Å². The molecule has 19 heavy (non-hydrogen) atoms. The largest absolute Gasteiger partial charge is 0.366 e. The van der Waals surface area contributed by atoms with Crippen LogP contribution in [-0.2, 0) is 6.54 Å². The average Bonchev–Trinajstić information content (AvgIpc) is 2.69. The fourth-order valence-corrected chi connectivity index (χ4v) is 2.47. The van der Waals surface area contributed by atoms with Crippen LogP contribution in [0.2, 0.25) is 0 Å². The van der Waals surface area contributed by atoms with Gasteiger partial charge in [0.15, 0.2) is 5.16 Å². The smallest absolute Gasteiger partial charge is 0.240 e. The molecular formula is C14H18N4S. The van der Waals surface area contributed by atoms with Crippen LogP contribution < -0.4 is 5.73 Å². The van der Waals surface area contributed by atoms with Crippen molar-refractivity contribution in [1.82, 2.24) is 14.8 Å². The zero-order chi connectivity index (χ0) is 13.8. The third-order valence-electron chi connectivity index (χ3n) is 2.54. The van der Waals surface area contributed by atoms with E-state index in [1.54, 1.807) is 11.8 Å². The van der Waals surface area contributed by atoms with Crippen molar-refractivity contribution in [3.05, 3.63) is 42.0 Å². The molecule has 0 aliphatic rings. The van der Waals surface area contributed by atoms with Crippen LogP contribution in [0, 0.1) is 0 Å². The topological polar surface area (TPSA) is 56.7 Å². The molecule has 0 aliphatic carbocycles. The van der Waals surface area contributed by atoms with E-state index in [1.165, 1.54) is 5.56 Å². The summed E-state index contributed by atoms with van der Waals surface area (Å²) in [5.74, 6) is 0.325. The van der Waals surface area contributed by atoms with Gasteiger partial charge in [-0.15, -0.1) is 5.10 Å². The van der Waals surface area contributed by atoms with Gasteiger partial charge in [-0.25, -0.2) is 4.68 Å². The molecule has 0 spiro atoms. The van der Waals surface area contributed by atoms with Crippen LogP contribution in [0.1, 0.15) is 25.0 Å². The van der Waals surface area contributed by atoms with Crippen LogP contribution in [0.3, 0.4) is 0 Å². The predicted molar refractivity (Wildman–Crippen MR) is 81.1 cm³/mol. The van der Waals surface area contributed by atoms with Gasteiger partial charge in [-0.3, -0.25) is 0 Å². The maximum atomic E-state index is 5.68. The molecule has 1 aromatic carbocycles. The summed E-state index contributed by atoms with van der Waals surface area (Å²) in [6.07, 6.45) is 1.83. The number of aromatic nitrogens is 3. The van der Waals surface area contributed by atoms with E-state index in [-0.39, 0.29) is 0 Å². The maximum Gasteiger partial charge on any atom is 0.240 e. The molecule has 1 heterocycles. The van der Waals surface area contributed by atoms with Crippen molar-refractivity contribution in [1.29, 1.82) is 0 Å². The fraction of sp³-hybridized carbons (Fsp3) is 0.286. The molecule has 0 saturated heterocycles. The van der Waals surface area contributed by atoms with Gasteiger partial charge in [-0.05, 0) is 11.1 Å². The van der Waals surface area contributed by atoms with Crippen LogP contribution >= 0.6 is 11.8 Å². The Bertz CT molecular complexity index is 557. The third kappa shape index (κ3) is 3.61. The number of rotatable bonds is 5. The van der Waals surface area contributed by atoms with Crippen molar-refractivity contribution in [2.75, 3.05) is 5.73 Å². The Kier molecular flexibility index (Phi) is 4.27. The van der Waals surface area contributed by atoms with Crippen molar-refractivity contribution < 1.29 is 0 Å². The molecule has 1 aromatic heterocycles. The minimum Gasteiger partial charge on any atom is -0.366 e. The van der Waals surface area contributed by atoms with E-state index in [9.17, 15) is 0 Å². The van der Waals surface area contributed by atoms with Crippen LogP contribution in [0.5, 0.6) is 0 Å². The number of thioether (sulfide) groups is 1. The molecule has 0 amide bonds. The lowest BCUT2D eigenvalue weighted by Crippen LogP contribution is -2.05. The number of hydrogen-bond donors (Lipinski definition) is 1. The number of nitrogen functional groups attached to an aromatic ring is 1. The van der Waals surface area contributed by atoms with Crippen molar-refractivity contribution in [2.45, 2.75) is 30.8 Å². The summed E-state index contributed by atoms with van der Waals surface area (Å²) in [5, 5.41) is 5.55. The Morgan fingerprint density at radius 2 is 2.05 bits per heavy atom. The number of benzene rings is 1. The Balaban J connectivity index is 2.19. The van der Waals surface area contributed by atoms with Crippen molar-refractivity contribution in [3.8, 4) is 0 Å². The molecular weight excluding hydrogens is 256 g/mol. The van der Waals surface area contributed by atoms with Gasteiger partial charge in [0.1, 0.15) is 0 Å². The Labute approximate surface area is 117 Å². The fourth-order valence-electron chi connectivity index (χ4n) is 1.68. The van der Waals surface area contributed by atoms with Gasteiger partial charge in [0.05, 0.1) is 6.54 Å². The molecule has 0 fully saturated rings. The van der Waals surface area contributed by atoms with E-state index in [0.717, 1.165) is 10.7 Å². The SMILES string of the molecule is C=Cc1ccc(Cn2nc(N)nc2SC(C)C)cc1. The Morgan fingerprint density at radius 3 is 2.63 bits per heavy atom. The molecule has 0 bridgehead atoms. The molecule has 4 nitrogen and oxygen atoms in total. The lowest BCUT2D eigenvalue weighted by Gasteiger charge is -2.07. The molecule has 0 aliphatic heterocycles. The summed E-state index contributed by atoms with van der Waals surface area (Å²) in [7, 11) is 0. The average molecular weight is 274 g/mol. The minimum absolute atomic E-state index is 0.325. The second-order valence-corrected chi connectivity index (χ2v) is 6.07. The highest BCUT2D eigenvalue weighted by Gasteiger charge is 2.10. The Morgan fingerprint density at radius 1 is 1.37 bits per heavy atom. The number of nitrogens with two attached hydrogens (primary N) is 1. The summed E-state index contributed by atoms with van der Waals surface area (Å²) in [6, 6.07) is 8.22. The molecule has 0 radical (unpaired) electrons. The van der Waals surface area contributed by atoms with Gasteiger partial charge in [0, 0.05) is 5.25 Å². The van der Waals surface area contributed by atoms with E-state index in [4.69, 9.17) is 5.73 Å². The number of nitrogens with zero attached hydrogens (tertiary/aromatic N) is 3. The molecule has 5 heteroatoms. The van der Waals surface area contributed by atoms with E-state index in [0.29, 0.717) is 17.7 Å². The summed E-state index contributed by atoms with van der Waals surface area (Å²) in [5.41, 5.74) is 7.96. The van der Waals surface area contributed by atoms with Gasteiger partial charge in [0.2, 0.25) is 5.95 Å². The zero-order valence-corrected chi connectivity index (χ0v) is 12.0. The van der Waals surface area contributed by atoms with E-state index in [1.807, 2.05) is 22.9 Å². The monoisotopic (exact) mass is 274 g/mol. The normalized spacial score (nSPS) is 10.9. The summed E-state index contributed by atoms with van der Waals surface area (Å²) in [4.78, 5) is 4.26. The highest BCUT2D eigenvalue weighted by Crippen LogP contribution is 2.22. The zero-order valence-electron chi connectivity index (χ0n) is 11.2. The van der Waals surface area contributed by atoms with Crippen molar-refractivity contribution in [2.24, 2.45) is 0 Å². The first-order chi connectivity index (χ1) is 9.08. The van der Waals surface area contributed by atoms with E-state index >= 15 is 0 Å². The molecule has 2 aromatic rings. The number of hydrogen-bond acceptors (Lipinski definition) is 4. The van der Waals surface area contributed by atoms with Gasteiger partial charge < -0.3 is 5.73 Å². The van der Waals surface area contributed by atoms with E-state index in [2.05, 4.69) is 42.6 Å². The second-order valence-electron chi connectivity index (χ2n) is 4.52. The van der Waals surface area contributed by atoms with Gasteiger partial charge in [-0.1, -0.05) is 62.5 Å². The van der Waals surface area contributed by atoms with Gasteiger partial charge >= 0.3 is 0 Å². The standard InChI is InChI=1S/C14H18N4S/c1-4-11-5-7-12(8-6-11)9-18-14(19-10(2)3)16-13(15)17-18/h4-8,10H,1,9H2,2-3H3,(H2,15,17). The molecule has 0 unspecified atom stereocenters. The summed E-state index contributed by atoms with van der Waals surface area (Å²) in [6.45, 7) is 8.67.